The van der Waals surface area contributed by atoms with Crippen LogP contribution in [0.1, 0.15) is 44.3 Å². The van der Waals surface area contributed by atoms with Gasteiger partial charge in [0.1, 0.15) is 29.4 Å². The summed E-state index contributed by atoms with van der Waals surface area (Å²) in [4.78, 5) is 24.0. The number of carbonyl (C=O) groups excluding carboxylic acids is 2. The van der Waals surface area contributed by atoms with Crippen molar-refractivity contribution < 1.29 is 42.1 Å². The normalized spacial score (nSPS) is 11.4. The third-order valence-corrected chi connectivity index (χ3v) is 6.62. The van der Waals surface area contributed by atoms with Crippen LogP contribution in [-0.2, 0) is 17.3 Å². The standard InChI is InChI=1S/C19H20F3NO2.C17H16O4.ClH/c1-14(12-15-6-5-9-17(13-15)19(20,21)22)23-10-11-25-18(24)16-7-3-2-4-8-16;1-20-13-10-15(19)17(16(11-13)21-2)14(18)9-8-12-6-4-3-5-7-12;/h2-9,13-14,23H,10-12H2,1H3;3-11,19H,1-2H3;1H. The number of hydrogen-bond donors (Lipinski definition) is 2. The number of rotatable bonds is 12. The predicted octanol–water partition coefficient (Wildman–Crippen LogP) is 7.81. The Balaban J connectivity index is 0.000000324. The largest absolute Gasteiger partial charge is 0.507 e. The number of nitrogens with one attached hydrogen (secondary N) is 1. The quantitative estimate of drug-likeness (QED) is 0.0687. The molecule has 0 aromatic heterocycles. The molecule has 0 saturated heterocycles. The average molecular weight is 672 g/mol. The molecule has 0 aliphatic heterocycles. The Morgan fingerprint density at radius 3 is 2.17 bits per heavy atom. The summed E-state index contributed by atoms with van der Waals surface area (Å²) in [5.41, 5.74) is 1.47. The van der Waals surface area contributed by atoms with E-state index in [0.29, 0.717) is 29.8 Å². The van der Waals surface area contributed by atoms with Gasteiger partial charge in [0.05, 0.1) is 25.3 Å². The number of carbonyl (C=O) groups is 2. The number of hydrogen-bond acceptors (Lipinski definition) is 7. The van der Waals surface area contributed by atoms with Crippen molar-refractivity contribution in [3.63, 3.8) is 0 Å². The first-order valence-electron chi connectivity index (χ1n) is 14.4. The molecule has 1 atom stereocenters. The molecule has 0 amide bonds. The summed E-state index contributed by atoms with van der Waals surface area (Å²) in [6, 6.07) is 26.3. The number of halogens is 4. The highest BCUT2D eigenvalue weighted by molar-refractivity contribution is 6.10. The maximum atomic E-state index is 12.7. The summed E-state index contributed by atoms with van der Waals surface area (Å²) < 4.78 is 53.4. The maximum absolute atomic E-state index is 12.7. The van der Waals surface area contributed by atoms with Crippen LogP contribution in [0.15, 0.2) is 103 Å². The number of methoxy groups -OCH3 is 2. The van der Waals surface area contributed by atoms with Gasteiger partial charge in [-0.15, -0.1) is 12.4 Å². The molecule has 0 aliphatic carbocycles. The van der Waals surface area contributed by atoms with Crippen molar-refractivity contribution in [1.29, 1.82) is 0 Å². The number of ether oxygens (including phenoxy) is 3. The van der Waals surface area contributed by atoms with Crippen LogP contribution in [0.5, 0.6) is 17.2 Å². The number of phenolic OH excluding ortho intramolecular Hbond substituents is 1. The molecule has 0 heterocycles. The number of allylic oxidation sites excluding steroid dienone is 1. The van der Waals surface area contributed by atoms with Gasteiger partial charge < -0.3 is 24.6 Å². The lowest BCUT2D eigenvalue weighted by Crippen LogP contribution is -2.31. The van der Waals surface area contributed by atoms with Crippen LogP contribution in [0.3, 0.4) is 0 Å². The van der Waals surface area contributed by atoms with E-state index in [4.69, 9.17) is 14.2 Å². The van der Waals surface area contributed by atoms with Crippen molar-refractivity contribution in [2.24, 2.45) is 0 Å². The van der Waals surface area contributed by atoms with E-state index in [-0.39, 0.29) is 47.9 Å². The van der Waals surface area contributed by atoms with Gasteiger partial charge in [-0.05, 0) is 48.7 Å². The topological polar surface area (TPSA) is 94.1 Å². The van der Waals surface area contributed by atoms with Gasteiger partial charge in [-0.25, -0.2) is 4.79 Å². The molecule has 2 N–H and O–H groups in total. The number of esters is 1. The van der Waals surface area contributed by atoms with E-state index in [1.165, 1.54) is 32.4 Å². The Bertz CT molecular complexity index is 1600. The fourth-order valence-corrected chi connectivity index (χ4v) is 4.33. The Kier molecular flexibility index (Phi) is 15.5. The van der Waals surface area contributed by atoms with Gasteiger partial charge in [0, 0.05) is 24.7 Å². The fourth-order valence-electron chi connectivity index (χ4n) is 4.33. The molecule has 4 aromatic carbocycles. The van der Waals surface area contributed by atoms with Crippen LogP contribution < -0.4 is 14.8 Å². The Labute approximate surface area is 278 Å². The van der Waals surface area contributed by atoms with E-state index in [0.717, 1.165) is 17.7 Å². The van der Waals surface area contributed by atoms with Crippen molar-refractivity contribution in [2.75, 3.05) is 27.4 Å². The highest BCUT2D eigenvalue weighted by Crippen LogP contribution is 2.34. The maximum Gasteiger partial charge on any atom is 0.416 e. The summed E-state index contributed by atoms with van der Waals surface area (Å²) in [5, 5.41) is 13.1. The van der Waals surface area contributed by atoms with Gasteiger partial charge in [0.15, 0.2) is 5.78 Å². The second-order valence-electron chi connectivity index (χ2n) is 10.1. The smallest absolute Gasteiger partial charge is 0.416 e. The van der Waals surface area contributed by atoms with Crippen molar-refractivity contribution in [2.45, 2.75) is 25.6 Å². The van der Waals surface area contributed by atoms with Crippen molar-refractivity contribution >= 4 is 30.2 Å². The molecule has 0 fully saturated rings. The lowest BCUT2D eigenvalue weighted by atomic mass is 10.0. The molecule has 7 nitrogen and oxygen atoms in total. The van der Waals surface area contributed by atoms with Gasteiger partial charge in [-0.3, -0.25) is 4.79 Å². The molecule has 4 rings (SSSR count). The van der Waals surface area contributed by atoms with Crippen LogP contribution in [0.4, 0.5) is 13.2 Å². The second kappa shape index (κ2) is 19.0. The Hall–Kier alpha value is -4.80. The van der Waals surface area contributed by atoms with Crippen LogP contribution in [-0.4, -0.2) is 50.3 Å². The minimum Gasteiger partial charge on any atom is -0.507 e. The number of benzene rings is 4. The van der Waals surface area contributed by atoms with E-state index < -0.39 is 17.7 Å². The minimum atomic E-state index is -4.34. The van der Waals surface area contributed by atoms with Gasteiger partial charge in [0.25, 0.3) is 0 Å². The molecule has 0 bridgehead atoms. The third kappa shape index (κ3) is 12.5. The van der Waals surface area contributed by atoms with Crippen LogP contribution in [0.2, 0.25) is 0 Å². The van der Waals surface area contributed by atoms with E-state index in [1.807, 2.05) is 43.3 Å². The molecule has 1 unspecified atom stereocenters. The molecular weight excluding hydrogens is 635 g/mol. The van der Waals surface area contributed by atoms with Crippen LogP contribution in [0, 0.1) is 0 Å². The van der Waals surface area contributed by atoms with Gasteiger partial charge >= 0.3 is 12.1 Å². The predicted molar refractivity (Wildman–Crippen MR) is 178 cm³/mol. The summed E-state index contributed by atoms with van der Waals surface area (Å²) >= 11 is 0. The average Bonchev–Trinajstić information content (AvgIpc) is 3.06. The molecule has 250 valence electrons. The summed E-state index contributed by atoms with van der Waals surface area (Å²) in [5.74, 6) is -0.208. The van der Waals surface area contributed by atoms with Crippen molar-refractivity contribution in [1.82, 2.24) is 5.32 Å². The second-order valence-corrected chi connectivity index (χ2v) is 10.1. The highest BCUT2D eigenvalue weighted by Gasteiger charge is 2.30. The summed E-state index contributed by atoms with van der Waals surface area (Å²) in [6.07, 6.45) is -0.792. The number of phenols is 1. The summed E-state index contributed by atoms with van der Waals surface area (Å²) in [7, 11) is 2.91. The Morgan fingerprint density at radius 1 is 0.894 bits per heavy atom. The lowest BCUT2D eigenvalue weighted by Gasteiger charge is -2.15. The lowest BCUT2D eigenvalue weighted by molar-refractivity contribution is -0.137. The van der Waals surface area contributed by atoms with Crippen molar-refractivity contribution in [3.8, 4) is 17.2 Å². The molecule has 0 saturated carbocycles. The van der Waals surface area contributed by atoms with Gasteiger partial charge in [-0.2, -0.15) is 13.2 Å². The summed E-state index contributed by atoms with van der Waals surface area (Å²) in [6.45, 7) is 2.50. The molecule has 0 spiro atoms. The zero-order valence-corrected chi connectivity index (χ0v) is 26.9. The first-order chi connectivity index (χ1) is 22.0. The zero-order chi connectivity index (χ0) is 33.5. The van der Waals surface area contributed by atoms with Gasteiger partial charge in [-0.1, -0.05) is 72.8 Å². The monoisotopic (exact) mass is 671 g/mol. The molecule has 4 aromatic rings. The molecule has 0 aliphatic rings. The van der Waals surface area contributed by atoms with E-state index in [9.17, 15) is 27.9 Å². The van der Waals surface area contributed by atoms with Crippen LogP contribution in [0.25, 0.3) is 6.08 Å². The molecule has 0 radical (unpaired) electrons. The first kappa shape index (κ1) is 38.4. The molecule has 11 heteroatoms. The third-order valence-electron chi connectivity index (χ3n) is 6.62. The molecule has 47 heavy (non-hydrogen) atoms. The van der Waals surface area contributed by atoms with Crippen LogP contribution >= 0.6 is 12.4 Å². The highest BCUT2D eigenvalue weighted by atomic mass is 35.5. The van der Waals surface area contributed by atoms with Crippen molar-refractivity contribution in [3.05, 3.63) is 131 Å². The Morgan fingerprint density at radius 2 is 1.55 bits per heavy atom. The first-order valence-corrected chi connectivity index (χ1v) is 14.4. The van der Waals surface area contributed by atoms with E-state index in [2.05, 4.69) is 5.32 Å². The van der Waals surface area contributed by atoms with E-state index >= 15 is 0 Å². The zero-order valence-electron chi connectivity index (χ0n) is 26.1. The number of ketones is 1. The van der Waals surface area contributed by atoms with Gasteiger partial charge in [0.2, 0.25) is 0 Å². The number of aromatic hydroxyl groups is 1. The fraction of sp³-hybridized carbons (Fsp3) is 0.222. The SMILES string of the molecule is CC(Cc1cccc(C(F)(F)F)c1)NCCOC(=O)c1ccccc1.COc1cc(O)c(C(=O)C=Cc2ccccc2)c(OC)c1.Cl. The van der Waals surface area contributed by atoms with E-state index in [1.54, 1.807) is 42.5 Å². The molecular formula is C36H37ClF3NO6. The number of alkyl halides is 3. The minimum absolute atomic E-state index is 0.